The maximum absolute atomic E-state index is 13.5. The molecule has 60 valence electrons. The Bertz CT molecular complexity index is 122. The number of nitrogens with one attached hydrogen (secondary N) is 1. The summed E-state index contributed by atoms with van der Waals surface area (Å²) in [5.74, 6) is 0.650. The largest absolute Gasteiger partial charge is 0.313 e. The SMILES string of the molecule is C[C@@H]1[C@@H](C)CNCC1(C)F. The van der Waals surface area contributed by atoms with Crippen molar-refractivity contribution in [2.45, 2.75) is 26.4 Å². The Morgan fingerprint density at radius 1 is 1.50 bits per heavy atom. The molecule has 0 aromatic carbocycles. The summed E-state index contributed by atoms with van der Waals surface area (Å²) >= 11 is 0. The van der Waals surface area contributed by atoms with Gasteiger partial charge in [0, 0.05) is 6.54 Å². The first-order valence-electron chi connectivity index (χ1n) is 3.93. The van der Waals surface area contributed by atoms with E-state index in [1.165, 1.54) is 0 Å². The third-order valence-electron chi connectivity index (χ3n) is 2.74. The molecule has 10 heavy (non-hydrogen) atoms. The molecular formula is C8H16FN. The molecule has 1 nitrogen and oxygen atoms in total. The van der Waals surface area contributed by atoms with Crippen molar-refractivity contribution < 1.29 is 4.39 Å². The summed E-state index contributed by atoms with van der Waals surface area (Å²) in [6.45, 7) is 7.24. The van der Waals surface area contributed by atoms with E-state index in [1.807, 2.05) is 6.92 Å². The number of hydrogen-bond donors (Lipinski definition) is 1. The molecule has 0 aliphatic carbocycles. The molecule has 1 rings (SSSR count). The summed E-state index contributed by atoms with van der Waals surface area (Å²) in [5, 5.41) is 3.08. The van der Waals surface area contributed by atoms with Crippen LogP contribution in [0.1, 0.15) is 20.8 Å². The second kappa shape index (κ2) is 2.50. The molecule has 1 heterocycles. The van der Waals surface area contributed by atoms with Crippen LogP contribution in [0.25, 0.3) is 0 Å². The molecule has 0 spiro atoms. The number of halogens is 1. The van der Waals surface area contributed by atoms with E-state index in [0.717, 1.165) is 6.54 Å². The standard InChI is InChI=1S/C8H16FN/c1-6-4-10-5-8(3,9)7(6)2/h6-7,10H,4-5H2,1-3H3/t6-,7+,8?/m0/s1. The molecule has 0 bridgehead atoms. The third kappa shape index (κ3) is 1.31. The fraction of sp³-hybridized carbons (Fsp3) is 1.00. The van der Waals surface area contributed by atoms with Crippen LogP contribution in [0.2, 0.25) is 0 Å². The number of alkyl halides is 1. The van der Waals surface area contributed by atoms with E-state index in [4.69, 9.17) is 0 Å². The Morgan fingerprint density at radius 3 is 2.50 bits per heavy atom. The molecule has 0 aromatic heterocycles. The van der Waals surface area contributed by atoms with Crippen LogP contribution in [0.4, 0.5) is 4.39 Å². The summed E-state index contributed by atoms with van der Waals surface area (Å²) < 4.78 is 13.5. The van der Waals surface area contributed by atoms with Crippen LogP contribution in [0.3, 0.4) is 0 Å². The van der Waals surface area contributed by atoms with Crippen molar-refractivity contribution in [3.8, 4) is 0 Å². The molecular weight excluding hydrogens is 129 g/mol. The monoisotopic (exact) mass is 145 g/mol. The van der Waals surface area contributed by atoms with E-state index in [-0.39, 0.29) is 5.92 Å². The second-order valence-corrected chi connectivity index (χ2v) is 3.67. The minimum atomic E-state index is -1.00. The van der Waals surface area contributed by atoms with Gasteiger partial charge in [-0.05, 0) is 25.3 Å². The zero-order valence-corrected chi connectivity index (χ0v) is 6.95. The zero-order valence-electron chi connectivity index (χ0n) is 6.95. The lowest BCUT2D eigenvalue weighted by Gasteiger charge is -2.37. The Hall–Kier alpha value is -0.110. The van der Waals surface area contributed by atoms with Gasteiger partial charge >= 0.3 is 0 Å². The van der Waals surface area contributed by atoms with Gasteiger partial charge in [0.05, 0.1) is 0 Å². The van der Waals surface area contributed by atoms with Crippen molar-refractivity contribution in [2.24, 2.45) is 11.8 Å². The summed E-state index contributed by atoms with van der Waals surface area (Å²) in [5.41, 5.74) is -1.00. The molecule has 1 unspecified atom stereocenters. The topological polar surface area (TPSA) is 12.0 Å². The van der Waals surface area contributed by atoms with Crippen molar-refractivity contribution in [2.75, 3.05) is 13.1 Å². The van der Waals surface area contributed by atoms with E-state index in [1.54, 1.807) is 6.92 Å². The van der Waals surface area contributed by atoms with Crippen LogP contribution in [-0.2, 0) is 0 Å². The van der Waals surface area contributed by atoms with E-state index in [9.17, 15) is 4.39 Å². The average Bonchev–Trinajstić information content (AvgIpc) is 1.83. The van der Waals surface area contributed by atoms with Crippen molar-refractivity contribution >= 4 is 0 Å². The number of piperidine rings is 1. The Kier molecular flexibility index (Phi) is 1.99. The lowest BCUT2D eigenvalue weighted by Crippen LogP contribution is -2.50. The molecule has 3 atom stereocenters. The van der Waals surface area contributed by atoms with Crippen molar-refractivity contribution in [1.29, 1.82) is 0 Å². The van der Waals surface area contributed by atoms with Crippen molar-refractivity contribution in [1.82, 2.24) is 5.32 Å². The molecule has 0 radical (unpaired) electrons. The van der Waals surface area contributed by atoms with Crippen LogP contribution in [-0.4, -0.2) is 18.8 Å². The molecule has 2 heteroatoms. The molecule has 1 fully saturated rings. The Balaban J connectivity index is 2.60. The first-order chi connectivity index (χ1) is 4.54. The van der Waals surface area contributed by atoms with E-state index >= 15 is 0 Å². The molecule has 1 saturated heterocycles. The van der Waals surface area contributed by atoms with E-state index in [2.05, 4.69) is 12.2 Å². The van der Waals surface area contributed by atoms with Crippen LogP contribution in [0, 0.1) is 11.8 Å². The van der Waals surface area contributed by atoms with Crippen molar-refractivity contribution in [3.05, 3.63) is 0 Å². The highest BCUT2D eigenvalue weighted by Crippen LogP contribution is 2.30. The first-order valence-corrected chi connectivity index (χ1v) is 3.93. The van der Waals surface area contributed by atoms with Gasteiger partial charge in [-0.15, -0.1) is 0 Å². The lowest BCUT2D eigenvalue weighted by molar-refractivity contribution is 0.0480. The van der Waals surface area contributed by atoms with Crippen LogP contribution in [0.15, 0.2) is 0 Å². The predicted octanol–water partition coefficient (Wildman–Crippen LogP) is 1.59. The van der Waals surface area contributed by atoms with Gasteiger partial charge in [0.2, 0.25) is 0 Å². The smallest absolute Gasteiger partial charge is 0.123 e. The van der Waals surface area contributed by atoms with Gasteiger partial charge in [-0.1, -0.05) is 13.8 Å². The summed E-state index contributed by atoms with van der Waals surface area (Å²) in [4.78, 5) is 0. The Morgan fingerprint density at radius 2 is 2.10 bits per heavy atom. The quantitative estimate of drug-likeness (QED) is 0.546. The lowest BCUT2D eigenvalue weighted by atomic mass is 9.80. The maximum Gasteiger partial charge on any atom is 0.123 e. The molecule has 1 aliphatic heterocycles. The summed E-state index contributed by atoms with van der Waals surface area (Å²) in [6.07, 6.45) is 0. The van der Waals surface area contributed by atoms with Gasteiger partial charge in [0.15, 0.2) is 0 Å². The predicted molar refractivity (Wildman–Crippen MR) is 40.7 cm³/mol. The minimum absolute atomic E-state index is 0.189. The van der Waals surface area contributed by atoms with Crippen LogP contribution < -0.4 is 5.32 Å². The molecule has 0 amide bonds. The van der Waals surface area contributed by atoms with E-state index in [0.29, 0.717) is 12.5 Å². The molecule has 0 saturated carbocycles. The highest BCUT2D eigenvalue weighted by Gasteiger charge is 2.37. The van der Waals surface area contributed by atoms with Gasteiger partial charge < -0.3 is 5.32 Å². The molecule has 1 aliphatic rings. The summed E-state index contributed by atoms with van der Waals surface area (Å²) in [6, 6.07) is 0. The van der Waals surface area contributed by atoms with Gasteiger partial charge in [-0.3, -0.25) is 0 Å². The van der Waals surface area contributed by atoms with E-state index < -0.39 is 5.67 Å². The highest BCUT2D eigenvalue weighted by atomic mass is 19.1. The fourth-order valence-electron chi connectivity index (χ4n) is 1.48. The van der Waals surface area contributed by atoms with Gasteiger partial charge in [-0.2, -0.15) is 0 Å². The third-order valence-corrected chi connectivity index (χ3v) is 2.74. The maximum atomic E-state index is 13.5. The van der Waals surface area contributed by atoms with Crippen LogP contribution >= 0.6 is 0 Å². The molecule has 1 N–H and O–H groups in total. The molecule has 0 aromatic rings. The fourth-order valence-corrected chi connectivity index (χ4v) is 1.48. The van der Waals surface area contributed by atoms with Gasteiger partial charge in [-0.25, -0.2) is 4.39 Å². The zero-order chi connectivity index (χ0) is 7.78. The van der Waals surface area contributed by atoms with Gasteiger partial charge in [0.1, 0.15) is 5.67 Å². The Labute approximate surface area is 62.0 Å². The summed E-state index contributed by atoms with van der Waals surface area (Å²) in [7, 11) is 0. The first kappa shape index (κ1) is 7.99. The average molecular weight is 145 g/mol. The number of rotatable bonds is 0. The van der Waals surface area contributed by atoms with Gasteiger partial charge in [0.25, 0.3) is 0 Å². The van der Waals surface area contributed by atoms with Crippen LogP contribution in [0.5, 0.6) is 0 Å². The minimum Gasteiger partial charge on any atom is -0.313 e. The second-order valence-electron chi connectivity index (χ2n) is 3.67. The van der Waals surface area contributed by atoms with Crippen molar-refractivity contribution in [3.63, 3.8) is 0 Å². The number of hydrogen-bond acceptors (Lipinski definition) is 1. The highest BCUT2D eigenvalue weighted by molar-refractivity contribution is 4.89. The normalized spacial score (nSPS) is 49.2.